The lowest BCUT2D eigenvalue weighted by molar-refractivity contribution is -0.136. The molecule has 0 unspecified atom stereocenters. The Hall–Kier alpha value is -1.58. The first kappa shape index (κ1) is 8.99. The van der Waals surface area contributed by atoms with Gasteiger partial charge in [0.15, 0.2) is 0 Å². The molecular formula is C10H11NO3. The summed E-state index contributed by atoms with van der Waals surface area (Å²) in [6.07, 6.45) is 3.13. The molecule has 0 bridgehead atoms. The molecule has 2 rings (SSSR count). The second-order valence-electron chi connectivity index (χ2n) is 3.23. The third-order valence-corrected chi connectivity index (χ3v) is 2.29. The molecule has 1 aliphatic heterocycles. The topological polar surface area (TPSA) is 59.4 Å². The maximum Gasteiger partial charge on any atom is 0.303 e. The van der Waals surface area contributed by atoms with Crippen molar-refractivity contribution in [3.8, 4) is 5.75 Å². The summed E-state index contributed by atoms with van der Waals surface area (Å²) in [7, 11) is 0. The van der Waals surface area contributed by atoms with Gasteiger partial charge in [0.2, 0.25) is 0 Å². The molecule has 1 aliphatic rings. The van der Waals surface area contributed by atoms with E-state index >= 15 is 0 Å². The number of carbonyl (C=O) groups is 1. The molecule has 0 aliphatic carbocycles. The summed E-state index contributed by atoms with van der Waals surface area (Å²) in [5, 5.41) is 8.56. The van der Waals surface area contributed by atoms with Crippen LogP contribution in [0.4, 0.5) is 0 Å². The van der Waals surface area contributed by atoms with E-state index in [1.807, 2.05) is 6.07 Å². The Morgan fingerprint density at radius 1 is 1.64 bits per heavy atom. The van der Waals surface area contributed by atoms with E-state index in [1.54, 1.807) is 6.20 Å². The molecule has 0 saturated heterocycles. The Morgan fingerprint density at radius 3 is 3.29 bits per heavy atom. The van der Waals surface area contributed by atoms with Crippen molar-refractivity contribution in [1.82, 2.24) is 4.98 Å². The van der Waals surface area contributed by atoms with Crippen LogP contribution in [0.15, 0.2) is 12.3 Å². The molecule has 4 heteroatoms. The number of rotatable bonds is 3. The molecule has 0 saturated carbocycles. The van der Waals surface area contributed by atoms with Gasteiger partial charge in [0.1, 0.15) is 5.75 Å². The fraction of sp³-hybridized carbons (Fsp3) is 0.400. The highest BCUT2D eigenvalue weighted by Crippen LogP contribution is 2.27. The molecule has 0 radical (unpaired) electrons. The Morgan fingerprint density at radius 2 is 2.50 bits per heavy atom. The molecule has 0 spiro atoms. The van der Waals surface area contributed by atoms with E-state index in [1.165, 1.54) is 0 Å². The number of aliphatic carboxylic acids is 1. The molecule has 1 N–H and O–H groups in total. The van der Waals surface area contributed by atoms with Gasteiger partial charge >= 0.3 is 5.97 Å². The van der Waals surface area contributed by atoms with Crippen molar-refractivity contribution in [3.63, 3.8) is 0 Å². The average Bonchev–Trinajstić information content (AvgIpc) is 2.62. The van der Waals surface area contributed by atoms with Gasteiger partial charge in [0.05, 0.1) is 13.0 Å². The number of fused-ring (bicyclic) bond motifs is 1. The summed E-state index contributed by atoms with van der Waals surface area (Å²) < 4.78 is 5.36. The van der Waals surface area contributed by atoms with Crippen molar-refractivity contribution >= 4 is 5.97 Å². The van der Waals surface area contributed by atoms with Gasteiger partial charge in [-0.15, -0.1) is 0 Å². The molecule has 1 aromatic heterocycles. The number of ether oxygens (including phenoxy) is 1. The summed E-state index contributed by atoms with van der Waals surface area (Å²) in [4.78, 5) is 14.6. The van der Waals surface area contributed by atoms with Crippen LogP contribution in [0, 0.1) is 0 Å². The van der Waals surface area contributed by atoms with Crippen molar-refractivity contribution in [2.75, 3.05) is 6.61 Å². The maximum atomic E-state index is 10.4. The lowest BCUT2D eigenvalue weighted by Crippen LogP contribution is -2.01. The first-order chi connectivity index (χ1) is 6.77. The Labute approximate surface area is 81.5 Å². The number of hydrogen-bond acceptors (Lipinski definition) is 3. The number of aryl methyl sites for hydroxylation is 1. The molecule has 4 nitrogen and oxygen atoms in total. The van der Waals surface area contributed by atoms with E-state index in [0.717, 1.165) is 23.4 Å². The monoisotopic (exact) mass is 193 g/mol. The molecule has 0 fully saturated rings. The van der Waals surface area contributed by atoms with Gasteiger partial charge in [-0.05, 0) is 6.07 Å². The molecule has 14 heavy (non-hydrogen) atoms. The van der Waals surface area contributed by atoms with Crippen LogP contribution in [0.3, 0.4) is 0 Å². The number of nitrogens with zero attached hydrogens (tertiary/aromatic N) is 1. The number of hydrogen-bond donors (Lipinski definition) is 1. The predicted octanol–water partition coefficient (Wildman–Crippen LogP) is 1.03. The molecular weight excluding hydrogens is 182 g/mol. The van der Waals surface area contributed by atoms with Crippen molar-refractivity contribution < 1.29 is 14.6 Å². The first-order valence-electron chi connectivity index (χ1n) is 4.59. The summed E-state index contributed by atoms with van der Waals surface area (Å²) >= 11 is 0. The highest BCUT2D eigenvalue weighted by atomic mass is 16.5. The smallest absolute Gasteiger partial charge is 0.303 e. The van der Waals surface area contributed by atoms with Gasteiger partial charge in [-0.25, -0.2) is 0 Å². The molecule has 1 aromatic rings. The van der Waals surface area contributed by atoms with Crippen LogP contribution in [0.5, 0.6) is 5.75 Å². The predicted molar refractivity (Wildman–Crippen MR) is 49.4 cm³/mol. The maximum absolute atomic E-state index is 10.4. The number of carboxylic acids is 1. The Balaban J connectivity index is 2.17. The van der Waals surface area contributed by atoms with Gasteiger partial charge < -0.3 is 9.84 Å². The average molecular weight is 193 g/mol. The fourth-order valence-electron chi connectivity index (χ4n) is 1.62. The normalized spacial score (nSPS) is 13.4. The first-order valence-corrected chi connectivity index (χ1v) is 4.59. The van der Waals surface area contributed by atoms with E-state index < -0.39 is 5.97 Å². The van der Waals surface area contributed by atoms with Crippen molar-refractivity contribution in [3.05, 3.63) is 23.5 Å². The van der Waals surface area contributed by atoms with Crippen LogP contribution in [0.25, 0.3) is 0 Å². The summed E-state index contributed by atoms with van der Waals surface area (Å²) in [6.45, 7) is 0.682. The van der Waals surface area contributed by atoms with Crippen molar-refractivity contribution in [2.24, 2.45) is 0 Å². The van der Waals surface area contributed by atoms with E-state index in [-0.39, 0.29) is 6.42 Å². The van der Waals surface area contributed by atoms with Crippen molar-refractivity contribution in [1.29, 1.82) is 0 Å². The van der Waals surface area contributed by atoms with E-state index in [0.29, 0.717) is 13.0 Å². The number of pyridine rings is 1. The third kappa shape index (κ3) is 1.69. The van der Waals surface area contributed by atoms with Gasteiger partial charge in [-0.1, -0.05) is 0 Å². The minimum Gasteiger partial charge on any atom is -0.493 e. The van der Waals surface area contributed by atoms with Crippen LogP contribution < -0.4 is 4.74 Å². The van der Waals surface area contributed by atoms with Crippen LogP contribution in [-0.2, 0) is 17.6 Å². The molecule has 2 heterocycles. The lowest BCUT2D eigenvalue weighted by Gasteiger charge is -2.03. The zero-order valence-corrected chi connectivity index (χ0v) is 7.69. The highest BCUT2D eigenvalue weighted by molar-refractivity contribution is 5.67. The fourth-order valence-corrected chi connectivity index (χ4v) is 1.62. The second-order valence-corrected chi connectivity index (χ2v) is 3.23. The standard InChI is InChI=1S/C10H11NO3/c12-10(13)2-1-8-7-4-6-14-9(7)3-5-11-8/h3,5H,1-2,4,6H2,(H,12,13). The SMILES string of the molecule is O=C(O)CCc1nccc2c1CCO2. The third-order valence-electron chi connectivity index (χ3n) is 2.29. The molecule has 0 amide bonds. The van der Waals surface area contributed by atoms with E-state index in [2.05, 4.69) is 4.98 Å². The number of aromatic nitrogens is 1. The van der Waals surface area contributed by atoms with Crippen molar-refractivity contribution in [2.45, 2.75) is 19.3 Å². The molecule has 0 atom stereocenters. The van der Waals surface area contributed by atoms with Crippen LogP contribution in [-0.4, -0.2) is 22.7 Å². The van der Waals surface area contributed by atoms with E-state index in [9.17, 15) is 4.79 Å². The lowest BCUT2D eigenvalue weighted by atomic mass is 10.1. The van der Waals surface area contributed by atoms with Crippen LogP contribution >= 0.6 is 0 Å². The quantitative estimate of drug-likeness (QED) is 0.779. The minimum absolute atomic E-state index is 0.128. The van der Waals surface area contributed by atoms with Gasteiger partial charge in [0.25, 0.3) is 0 Å². The molecule has 74 valence electrons. The summed E-state index contributed by atoms with van der Waals surface area (Å²) in [5.74, 6) is 0.0729. The van der Waals surface area contributed by atoms with Gasteiger partial charge in [-0.2, -0.15) is 0 Å². The second kappa shape index (κ2) is 3.65. The Bertz CT molecular complexity index is 362. The molecule has 0 aromatic carbocycles. The summed E-state index contributed by atoms with van der Waals surface area (Å²) in [6, 6.07) is 1.83. The van der Waals surface area contributed by atoms with Gasteiger partial charge in [0, 0.05) is 30.3 Å². The van der Waals surface area contributed by atoms with Crippen LogP contribution in [0.2, 0.25) is 0 Å². The zero-order valence-electron chi connectivity index (χ0n) is 7.69. The van der Waals surface area contributed by atoms with E-state index in [4.69, 9.17) is 9.84 Å². The number of carboxylic acid groups (broad SMARTS) is 1. The largest absolute Gasteiger partial charge is 0.493 e. The minimum atomic E-state index is -0.789. The van der Waals surface area contributed by atoms with Gasteiger partial charge in [-0.3, -0.25) is 9.78 Å². The van der Waals surface area contributed by atoms with Crippen LogP contribution in [0.1, 0.15) is 17.7 Å². The summed E-state index contributed by atoms with van der Waals surface area (Å²) in [5.41, 5.74) is 1.94. The highest BCUT2D eigenvalue weighted by Gasteiger charge is 2.16. The Kier molecular flexibility index (Phi) is 2.35. The zero-order chi connectivity index (χ0) is 9.97.